The van der Waals surface area contributed by atoms with E-state index in [2.05, 4.69) is 25.6 Å². The van der Waals surface area contributed by atoms with Crippen LogP contribution in [-0.2, 0) is 11.3 Å². The number of benzene rings is 1. The van der Waals surface area contributed by atoms with Crippen molar-refractivity contribution in [1.82, 2.24) is 29.5 Å². The summed E-state index contributed by atoms with van der Waals surface area (Å²) in [6.07, 6.45) is 3.31. The average Bonchev–Trinajstić information content (AvgIpc) is 3.40. The summed E-state index contributed by atoms with van der Waals surface area (Å²) in [4.78, 5) is 17.4. The lowest BCUT2D eigenvalue weighted by molar-refractivity contribution is 0.0716. The summed E-state index contributed by atoms with van der Waals surface area (Å²) in [6, 6.07) is 8.13. The number of hydrogen-bond donors (Lipinski definition) is 1. The second-order valence-corrected chi connectivity index (χ2v) is 8.20. The molecule has 3 aromatic heterocycles. The predicted molar refractivity (Wildman–Crippen MR) is 122 cm³/mol. The molecule has 1 N–H and O–H groups in total. The van der Waals surface area contributed by atoms with Crippen LogP contribution in [0.5, 0.6) is 0 Å². The lowest BCUT2D eigenvalue weighted by Gasteiger charge is -2.11. The number of nitrogens with one attached hydrogen (secondary N) is 1. The largest absolute Gasteiger partial charge is 0.377 e. The Morgan fingerprint density at radius 2 is 2.03 bits per heavy atom. The van der Waals surface area contributed by atoms with Crippen molar-refractivity contribution in [1.29, 1.82) is 0 Å². The Bertz CT molecular complexity index is 1280. The van der Waals surface area contributed by atoms with Crippen molar-refractivity contribution in [3.05, 3.63) is 54.2 Å². The molecule has 0 aliphatic carbocycles. The van der Waals surface area contributed by atoms with Crippen LogP contribution >= 0.6 is 0 Å². The fourth-order valence-corrected chi connectivity index (χ4v) is 3.44. The molecule has 0 bridgehead atoms. The molecule has 3 heterocycles. The van der Waals surface area contributed by atoms with Gasteiger partial charge in [0.05, 0.1) is 36.5 Å². The Morgan fingerprint density at radius 3 is 2.79 bits per heavy atom. The standard InChI is InChI=1S/C23H26FN7O2/c1-14(2)30-13-25-29-22(30)19-6-5-7-21(27-19)28-23(32)17-11-20-16(10-18(17)24)12-26-31(20)8-9-33-15(3)4/h5-7,10-15H,8-9H2,1-4H3,(H,27,28,32). The lowest BCUT2D eigenvalue weighted by Crippen LogP contribution is -2.16. The molecule has 0 spiro atoms. The number of hydrogen-bond acceptors (Lipinski definition) is 6. The van der Waals surface area contributed by atoms with Gasteiger partial charge < -0.3 is 14.6 Å². The Morgan fingerprint density at radius 1 is 1.21 bits per heavy atom. The number of aromatic nitrogens is 6. The van der Waals surface area contributed by atoms with E-state index in [-0.39, 0.29) is 23.5 Å². The van der Waals surface area contributed by atoms with Gasteiger partial charge in [-0.05, 0) is 52.0 Å². The molecule has 0 saturated heterocycles. The SMILES string of the molecule is CC(C)OCCn1ncc2cc(F)c(C(=O)Nc3cccc(-c4nncn4C(C)C)n3)cc21. The minimum Gasteiger partial charge on any atom is -0.377 e. The molecule has 1 amide bonds. The van der Waals surface area contributed by atoms with E-state index in [9.17, 15) is 9.18 Å². The van der Waals surface area contributed by atoms with Gasteiger partial charge in [0, 0.05) is 11.4 Å². The number of pyridine rings is 1. The summed E-state index contributed by atoms with van der Waals surface area (Å²) < 4.78 is 23.9. The fourth-order valence-electron chi connectivity index (χ4n) is 3.44. The number of fused-ring (bicyclic) bond motifs is 1. The van der Waals surface area contributed by atoms with E-state index in [1.807, 2.05) is 32.3 Å². The molecule has 10 heteroatoms. The summed E-state index contributed by atoms with van der Waals surface area (Å²) in [6.45, 7) is 8.89. The topological polar surface area (TPSA) is 99.8 Å². The zero-order chi connectivity index (χ0) is 23.5. The number of halogens is 1. The average molecular weight is 452 g/mol. The zero-order valence-electron chi connectivity index (χ0n) is 19.0. The van der Waals surface area contributed by atoms with E-state index in [0.717, 1.165) is 0 Å². The highest BCUT2D eigenvalue weighted by Gasteiger charge is 2.17. The van der Waals surface area contributed by atoms with E-state index in [1.54, 1.807) is 35.4 Å². The van der Waals surface area contributed by atoms with Crippen molar-refractivity contribution in [2.24, 2.45) is 0 Å². The van der Waals surface area contributed by atoms with E-state index >= 15 is 0 Å². The van der Waals surface area contributed by atoms with Gasteiger partial charge in [0.1, 0.15) is 23.7 Å². The monoisotopic (exact) mass is 451 g/mol. The lowest BCUT2D eigenvalue weighted by atomic mass is 10.1. The summed E-state index contributed by atoms with van der Waals surface area (Å²) in [5, 5.41) is 15.7. The third-order valence-electron chi connectivity index (χ3n) is 5.08. The molecular weight excluding hydrogens is 425 g/mol. The number of nitrogens with zero attached hydrogens (tertiary/aromatic N) is 6. The van der Waals surface area contributed by atoms with Crippen LogP contribution in [0, 0.1) is 5.82 Å². The Hall–Kier alpha value is -3.66. The predicted octanol–water partition coefficient (Wildman–Crippen LogP) is 4.09. The van der Waals surface area contributed by atoms with Crippen molar-refractivity contribution in [3.8, 4) is 11.5 Å². The number of anilines is 1. The van der Waals surface area contributed by atoms with Crippen LogP contribution in [0.15, 0.2) is 42.9 Å². The quantitative estimate of drug-likeness (QED) is 0.433. The molecule has 0 aliphatic heterocycles. The van der Waals surface area contributed by atoms with Gasteiger partial charge in [-0.1, -0.05) is 6.07 Å². The summed E-state index contributed by atoms with van der Waals surface area (Å²) >= 11 is 0. The second-order valence-electron chi connectivity index (χ2n) is 8.20. The van der Waals surface area contributed by atoms with Crippen molar-refractivity contribution < 1.29 is 13.9 Å². The molecule has 0 saturated carbocycles. The first-order valence-corrected chi connectivity index (χ1v) is 10.8. The maximum absolute atomic E-state index is 14.7. The normalized spacial score (nSPS) is 11.6. The third-order valence-corrected chi connectivity index (χ3v) is 5.08. The van der Waals surface area contributed by atoms with Crippen molar-refractivity contribution in [3.63, 3.8) is 0 Å². The van der Waals surface area contributed by atoms with Gasteiger partial charge in [-0.3, -0.25) is 9.48 Å². The molecular formula is C23H26FN7O2. The van der Waals surface area contributed by atoms with Gasteiger partial charge in [-0.15, -0.1) is 10.2 Å². The molecule has 0 radical (unpaired) electrons. The van der Waals surface area contributed by atoms with E-state index in [4.69, 9.17) is 4.74 Å². The van der Waals surface area contributed by atoms with Gasteiger partial charge in [-0.25, -0.2) is 9.37 Å². The van der Waals surface area contributed by atoms with Crippen LogP contribution in [0.25, 0.3) is 22.4 Å². The highest BCUT2D eigenvalue weighted by atomic mass is 19.1. The molecule has 172 valence electrons. The Labute approximate surface area is 190 Å². The summed E-state index contributed by atoms with van der Waals surface area (Å²) in [7, 11) is 0. The van der Waals surface area contributed by atoms with Gasteiger partial charge in [-0.2, -0.15) is 5.10 Å². The molecule has 0 unspecified atom stereocenters. The van der Waals surface area contributed by atoms with Gasteiger partial charge in [0.2, 0.25) is 0 Å². The van der Waals surface area contributed by atoms with Crippen LogP contribution in [-0.4, -0.2) is 48.1 Å². The van der Waals surface area contributed by atoms with Gasteiger partial charge in [0.15, 0.2) is 5.82 Å². The van der Waals surface area contributed by atoms with Gasteiger partial charge in [0.25, 0.3) is 5.91 Å². The van der Waals surface area contributed by atoms with Crippen LogP contribution in [0.1, 0.15) is 44.1 Å². The molecule has 0 aliphatic rings. The third kappa shape index (κ3) is 4.90. The Balaban J connectivity index is 1.58. The van der Waals surface area contributed by atoms with Crippen LogP contribution in [0.4, 0.5) is 10.2 Å². The van der Waals surface area contributed by atoms with E-state index < -0.39 is 11.7 Å². The van der Waals surface area contributed by atoms with Crippen LogP contribution < -0.4 is 5.32 Å². The molecule has 33 heavy (non-hydrogen) atoms. The molecule has 4 aromatic rings. The van der Waals surface area contributed by atoms with Crippen molar-refractivity contribution in [2.75, 3.05) is 11.9 Å². The maximum Gasteiger partial charge on any atom is 0.259 e. The molecule has 4 rings (SSSR count). The minimum atomic E-state index is -0.631. The first-order valence-electron chi connectivity index (χ1n) is 10.8. The number of carbonyl (C=O) groups is 1. The highest BCUT2D eigenvalue weighted by Crippen LogP contribution is 2.22. The number of amides is 1. The summed E-state index contributed by atoms with van der Waals surface area (Å²) in [5.41, 5.74) is 1.12. The van der Waals surface area contributed by atoms with E-state index in [1.165, 1.54) is 12.1 Å². The molecule has 1 aromatic carbocycles. The van der Waals surface area contributed by atoms with Gasteiger partial charge >= 0.3 is 0 Å². The fraction of sp³-hybridized carbons (Fsp3) is 0.348. The minimum absolute atomic E-state index is 0.0911. The molecule has 9 nitrogen and oxygen atoms in total. The Kier molecular flexibility index (Phi) is 6.45. The zero-order valence-corrected chi connectivity index (χ0v) is 19.0. The summed E-state index contributed by atoms with van der Waals surface area (Å²) in [5.74, 6) is -0.361. The first-order chi connectivity index (χ1) is 15.8. The smallest absolute Gasteiger partial charge is 0.259 e. The first kappa shape index (κ1) is 22.5. The van der Waals surface area contributed by atoms with Crippen molar-refractivity contribution in [2.45, 2.75) is 46.4 Å². The number of ether oxygens (including phenoxy) is 1. The van der Waals surface area contributed by atoms with E-state index in [0.29, 0.717) is 35.6 Å². The molecule has 0 atom stereocenters. The van der Waals surface area contributed by atoms with Crippen molar-refractivity contribution >= 4 is 22.6 Å². The maximum atomic E-state index is 14.7. The van der Waals surface area contributed by atoms with Crippen LogP contribution in [0.3, 0.4) is 0 Å². The number of rotatable bonds is 8. The second kappa shape index (κ2) is 9.45. The highest BCUT2D eigenvalue weighted by molar-refractivity contribution is 6.06. The van der Waals surface area contributed by atoms with Crippen LogP contribution in [0.2, 0.25) is 0 Å². The molecule has 0 fully saturated rings. The number of carbonyl (C=O) groups excluding carboxylic acids is 1.